The van der Waals surface area contributed by atoms with Gasteiger partial charge in [-0.25, -0.2) is 0 Å². The number of piperidine rings is 1. The van der Waals surface area contributed by atoms with Gasteiger partial charge in [-0.1, -0.05) is 91.1 Å². The fourth-order valence-electron chi connectivity index (χ4n) is 10.8. The van der Waals surface area contributed by atoms with E-state index in [4.69, 9.17) is 9.47 Å². The SMILES string of the molecule is COc1ccc([Si](C)(C)[C@H]2[C@H](CCn3cc(CCO)nn3)O[C@@]3(C(=O)N(Cc4cccc(N5CN(c6ccccc6)C6(CCNCC6)C5=O)c4)c4ccccc43)[C@@H]2C)cc1. The molecule has 4 aliphatic heterocycles. The van der Waals surface area contributed by atoms with Crippen LogP contribution in [0.4, 0.5) is 17.1 Å². The third-order valence-electron chi connectivity index (χ3n) is 13.8. The number of aliphatic hydroxyl groups is 1. The van der Waals surface area contributed by atoms with Gasteiger partial charge < -0.3 is 29.7 Å². The number of para-hydroxylation sites is 2. The second-order valence-corrected chi connectivity index (χ2v) is 22.1. The Kier molecular flexibility index (Phi) is 10.6. The number of amides is 2. The monoisotopic (exact) mass is 825 g/mol. The van der Waals surface area contributed by atoms with Gasteiger partial charge in [0.15, 0.2) is 5.60 Å². The maximum Gasteiger partial charge on any atom is 0.264 e. The van der Waals surface area contributed by atoms with Gasteiger partial charge in [-0.3, -0.25) is 19.2 Å². The van der Waals surface area contributed by atoms with E-state index in [-0.39, 0.29) is 36.0 Å². The van der Waals surface area contributed by atoms with E-state index < -0.39 is 19.2 Å². The predicted molar refractivity (Wildman–Crippen MR) is 235 cm³/mol. The third kappa shape index (κ3) is 6.62. The van der Waals surface area contributed by atoms with Crippen LogP contribution in [-0.4, -0.2) is 85.1 Å². The van der Waals surface area contributed by atoms with Gasteiger partial charge in [-0.15, -0.1) is 5.10 Å². The van der Waals surface area contributed by atoms with Crippen LogP contribution in [-0.2, 0) is 39.4 Å². The second kappa shape index (κ2) is 15.9. The molecule has 5 aromatic rings. The van der Waals surface area contributed by atoms with Crippen LogP contribution in [0.25, 0.3) is 0 Å². The molecule has 5 heterocycles. The first kappa shape index (κ1) is 40.1. The number of aliphatic hydroxyl groups excluding tert-OH is 1. The molecule has 4 aliphatic rings. The van der Waals surface area contributed by atoms with Gasteiger partial charge in [-0.05, 0) is 85.9 Å². The highest BCUT2D eigenvalue weighted by Gasteiger charge is 2.66. The zero-order valence-electron chi connectivity index (χ0n) is 35.0. The highest BCUT2D eigenvalue weighted by Crippen LogP contribution is 2.60. The van der Waals surface area contributed by atoms with Crippen LogP contribution in [0.15, 0.2) is 109 Å². The maximum atomic E-state index is 15.5. The van der Waals surface area contributed by atoms with Gasteiger partial charge in [0.1, 0.15) is 11.3 Å². The van der Waals surface area contributed by atoms with Crippen LogP contribution in [0.1, 0.15) is 43.0 Å². The van der Waals surface area contributed by atoms with Crippen LogP contribution in [0.2, 0.25) is 18.6 Å². The van der Waals surface area contributed by atoms with Crippen molar-refractivity contribution in [2.24, 2.45) is 5.92 Å². The highest BCUT2D eigenvalue weighted by atomic mass is 28.3. The number of nitrogens with one attached hydrogen (secondary N) is 1. The molecule has 13 heteroatoms. The lowest BCUT2D eigenvalue weighted by atomic mass is 9.82. The first-order valence-electron chi connectivity index (χ1n) is 21.3. The van der Waals surface area contributed by atoms with Crippen molar-refractivity contribution in [1.29, 1.82) is 0 Å². The van der Waals surface area contributed by atoms with Crippen molar-refractivity contribution in [3.63, 3.8) is 0 Å². The molecular weight excluding hydrogens is 771 g/mol. The quantitative estimate of drug-likeness (QED) is 0.155. The molecule has 0 aliphatic carbocycles. The van der Waals surface area contributed by atoms with Crippen LogP contribution in [0.5, 0.6) is 5.75 Å². The average Bonchev–Trinajstić information content (AvgIpc) is 3.99. The molecule has 0 unspecified atom stereocenters. The van der Waals surface area contributed by atoms with E-state index in [2.05, 4.69) is 76.9 Å². The van der Waals surface area contributed by atoms with E-state index in [1.807, 2.05) is 87.4 Å². The van der Waals surface area contributed by atoms with E-state index in [0.717, 1.165) is 65.6 Å². The number of hydrogen-bond donors (Lipinski definition) is 2. The Labute approximate surface area is 353 Å². The summed E-state index contributed by atoms with van der Waals surface area (Å²) in [5.41, 5.74) is 3.59. The Balaban J connectivity index is 1.04. The molecular formula is C47H55N7O5Si. The molecule has 4 aromatic carbocycles. The summed E-state index contributed by atoms with van der Waals surface area (Å²) in [5.74, 6) is 0.728. The number of hydrogen-bond acceptors (Lipinski definition) is 9. The molecule has 312 valence electrons. The molecule has 2 N–H and O–H groups in total. The molecule has 60 heavy (non-hydrogen) atoms. The lowest BCUT2D eigenvalue weighted by Crippen LogP contribution is -2.55. The van der Waals surface area contributed by atoms with E-state index >= 15 is 4.79 Å². The second-order valence-electron chi connectivity index (χ2n) is 17.4. The van der Waals surface area contributed by atoms with E-state index in [1.54, 1.807) is 7.11 Å². The number of anilines is 3. The number of methoxy groups -OCH3 is 1. The van der Waals surface area contributed by atoms with E-state index in [9.17, 15) is 9.90 Å². The van der Waals surface area contributed by atoms with Crippen molar-refractivity contribution >= 4 is 42.1 Å². The summed E-state index contributed by atoms with van der Waals surface area (Å²) in [6.07, 6.45) is 4.21. The lowest BCUT2D eigenvalue weighted by molar-refractivity contribution is -0.146. The van der Waals surface area contributed by atoms with Crippen molar-refractivity contribution in [3.8, 4) is 5.75 Å². The van der Waals surface area contributed by atoms with Gasteiger partial charge in [0.05, 0.1) is 45.9 Å². The van der Waals surface area contributed by atoms with Crippen molar-refractivity contribution in [2.75, 3.05) is 48.2 Å². The molecule has 0 bridgehead atoms. The Morgan fingerprint density at radius 1 is 0.917 bits per heavy atom. The normalized spacial score (nSPS) is 23.6. The fourth-order valence-corrected chi connectivity index (χ4v) is 14.9. The minimum Gasteiger partial charge on any atom is -0.497 e. The third-order valence-corrected chi connectivity index (χ3v) is 18.2. The van der Waals surface area contributed by atoms with E-state index in [0.29, 0.717) is 32.6 Å². The zero-order chi connectivity index (χ0) is 41.6. The summed E-state index contributed by atoms with van der Waals surface area (Å²) in [6, 6.07) is 34.9. The number of carbonyl (C=O) groups is 2. The summed E-state index contributed by atoms with van der Waals surface area (Å²) < 4.78 is 14.7. The lowest BCUT2D eigenvalue weighted by Gasteiger charge is -2.39. The molecule has 12 nitrogen and oxygen atoms in total. The van der Waals surface area contributed by atoms with Gasteiger partial charge >= 0.3 is 0 Å². The topological polar surface area (TPSA) is 125 Å². The number of fused-ring (bicyclic) bond motifs is 2. The van der Waals surface area contributed by atoms with Gasteiger partial charge in [0, 0.05) is 48.6 Å². The van der Waals surface area contributed by atoms with Crippen molar-refractivity contribution < 1.29 is 24.2 Å². The number of aromatic nitrogens is 3. The number of aryl methyl sites for hydroxylation is 1. The fraction of sp³-hybridized carbons (Fsp3) is 0.404. The summed E-state index contributed by atoms with van der Waals surface area (Å²) in [5, 5.41) is 22.8. The molecule has 2 amide bonds. The minimum atomic E-state index is -2.35. The van der Waals surface area contributed by atoms with Crippen LogP contribution in [0, 0.1) is 5.92 Å². The van der Waals surface area contributed by atoms with Crippen LogP contribution < -0.4 is 29.9 Å². The van der Waals surface area contributed by atoms with Gasteiger partial charge in [0.2, 0.25) is 0 Å². The molecule has 0 saturated carbocycles. The van der Waals surface area contributed by atoms with Crippen molar-refractivity contribution in [2.45, 2.75) is 81.6 Å². The average molecular weight is 826 g/mol. The smallest absolute Gasteiger partial charge is 0.264 e. The Hall–Kier alpha value is -5.34. The molecule has 3 fully saturated rings. The van der Waals surface area contributed by atoms with E-state index in [1.165, 1.54) is 5.19 Å². The number of nitrogens with zero attached hydrogens (tertiary/aromatic N) is 6. The number of benzene rings is 4. The van der Waals surface area contributed by atoms with Crippen LogP contribution in [0.3, 0.4) is 0 Å². The maximum absolute atomic E-state index is 15.5. The van der Waals surface area contributed by atoms with Crippen molar-refractivity contribution in [3.05, 3.63) is 126 Å². The Morgan fingerprint density at radius 2 is 1.65 bits per heavy atom. The zero-order valence-corrected chi connectivity index (χ0v) is 36.0. The summed E-state index contributed by atoms with van der Waals surface area (Å²) in [7, 11) is -0.664. The molecule has 4 atom stereocenters. The minimum absolute atomic E-state index is 0.0123. The Morgan fingerprint density at radius 3 is 2.40 bits per heavy atom. The largest absolute Gasteiger partial charge is 0.497 e. The summed E-state index contributed by atoms with van der Waals surface area (Å²) in [4.78, 5) is 36.1. The first-order valence-corrected chi connectivity index (χ1v) is 24.4. The first-order chi connectivity index (χ1) is 29.1. The highest BCUT2D eigenvalue weighted by molar-refractivity contribution is 6.91. The molecule has 2 spiro atoms. The standard InChI is InChI=1S/C47H55N7O5Si/c1-33-43(60(3,4)39-19-17-38(58-2)18-20-39)42(21-27-51-31-35(22-28-55)49-50-51)59-47(33)40-15-8-9-16-41(40)52(45(47)57)30-34-11-10-14-37(29-34)53-32-54(36-12-6-5-7-13-36)46(44(53)56)23-25-48-26-24-46/h5-20,29,31,33,42-43,48,55H,21-28,30,32H2,1-4H3/t33-,42+,43-,47+/m1/s1. The van der Waals surface area contributed by atoms with Crippen molar-refractivity contribution in [1.82, 2.24) is 20.3 Å². The molecule has 0 radical (unpaired) electrons. The summed E-state index contributed by atoms with van der Waals surface area (Å²) >= 11 is 0. The van der Waals surface area contributed by atoms with Gasteiger partial charge in [0.25, 0.3) is 11.8 Å². The summed E-state index contributed by atoms with van der Waals surface area (Å²) in [6.45, 7) is 9.94. The molecule has 9 rings (SSSR count). The predicted octanol–water partition coefficient (Wildman–Crippen LogP) is 5.61. The molecule has 3 saturated heterocycles. The Bertz CT molecular complexity index is 2350. The van der Waals surface area contributed by atoms with Crippen LogP contribution >= 0.6 is 0 Å². The molecule has 1 aromatic heterocycles. The number of rotatable bonds is 12. The number of carbonyl (C=O) groups excluding carboxylic acids is 2. The number of ether oxygens (including phenoxy) is 2. The van der Waals surface area contributed by atoms with Gasteiger partial charge in [-0.2, -0.15) is 0 Å².